The number of fused-ring (bicyclic) bond motifs is 2. The third-order valence-corrected chi connectivity index (χ3v) is 7.52. The fourth-order valence-corrected chi connectivity index (χ4v) is 5.70. The predicted octanol–water partition coefficient (Wildman–Crippen LogP) is 5.63. The summed E-state index contributed by atoms with van der Waals surface area (Å²) in [5, 5.41) is 10.5. The average molecular weight is 456 g/mol. The van der Waals surface area contributed by atoms with E-state index in [-0.39, 0.29) is 11.3 Å². The van der Waals surface area contributed by atoms with Crippen LogP contribution in [0.1, 0.15) is 48.8 Å². The van der Waals surface area contributed by atoms with Crippen LogP contribution in [-0.2, 0) is 17.6 Å². The summed E-state index contributed by atoms with van der Waals surface area (Å²) >= 11 is 5.07. The Labute approximate surface area is 178 Å². The van der Waals surface area contributed by atoms with Gasteiger partial charge in [-0.1, -0.05) is 36.7 Å². The van der Waals surface area contributed by atoms with Crippen LogP contribution >= 0.6 is 27.3 Å². The molecule has 2 aliphatic rings. The van der Waals surface area contributed by atoms with Gasteiger partial charge in [0.1, 0.15) is 16.8 Å². The third-order valence-electron chi connectivity index (χ3n) is 5.88. The van der Waals surface area contributed by atoms with E-state index in [0.29, 0.717) is 22.2 Å². The summed E-state index contributed by atoms with van der Waals surface area (Å²) in [6.07, 6.45) is 2.99. The summed E-state index contributed by atoms with van der Waals surface area (Å²) in [6.45, 7) is 6.85. The molecule has 0 radical (unpaired) electrons. The Morgan fingerprint density at radius 1 is 1.36 bits per heavy atom. The molecule has 28 heavy (non-hydrogen) atoms. The van der Waals surface area contributed by atoms with Gasteiger partial charge >= 0.3 is 0 Å². The maximum absolute atomic E-state index is 12.8. The van der Waals surface area contributed by atoms with Gasteiger partial charge < -0.3 is 4.90 Å². The maximum atomic E-state index is 12.8. The van der Waals surface area contributed by atoms with E-state index in [1.165, 1.54) is 4.88 Å². The minimum absolute atomic E-state index is 0.129. The Morgan fingerprint density at radius 3 is 2.79 bits per heavy atom. The molecule has 4 rings (SSSR count). The molecule has 144 valence electrons. The quantitative estimate of drug-likeness (QED) is 0.559. The van der Waals surface area contributed by atoms with Crippen molar-refractivity contribution in [2.75, 3.05) is 11.9 Å². The number of nitrogens with zero attached hydrogens (tertiary/aromatic N) is 3. The zero-order chi connectivity index (χ0) is 20.2. The molecule has 1 aromatic carbocycles. The van der Waals surface area contributed by atoms with Gasteiger partial charge in [0.25, 0.3) is 5.91 Å². The van der Waals surface area contributed by atoms with Crippen LogP contribution < -0.4 is 4.90 Å². The van der Waals surface area contributed by atoms with Crippen molar-refractivity contribution in [2.24, 2.45) is 16.3 Å². The topological polar surface area (TPSA) is 56.5 Å². The van der Waals surface area contributed by atoms with Crippen LogP contribution in [-0.4, -0.2) is 18.7 Å². The second kappa shape index (κ2) is 6.82. The van der Waals surface area contributed by atoms with Gasteiger partial charge in [-0.3, -0.25) is 4.79 Å². The van der Waals surface area contributed by atoms with Gasteiger partial charge in [-0.05, 0) is 54.4 Å². The van der Waals surface area contributed by atoms with Crippen LogP contribution in [0.25, 0.3) is 0 Å². The molecule has 0 fully saturated rings. The van der Waals surface area contributed by atoms with E-state index in [4.69, 9.17) is 4.99 Å². The standard InChI is InChI=1S/C22H22BrN3OS/c1-22(2,3)12-5-7-14-16(11-24)20(28-18(14)9-12)25-19-15-10-13(23)6-8-17(15)26(4)21(19)27/h6,8,10,12H,5,7,9H2,1-4H3/b25-19-. The zero-order valence-corrected chi connectivity index (χ0v) is 18.9. The maximum Gasteiger partial charge on any atom is 0.277 e. The zero-order valence-electron chi connectivity index (χ0n) is 16.5. The second-order valence-corrected chi connectivity index (χ2v) is 10.6. The summed E-state index contributed by atoms with van der Waals surface area (Å²) < 4.78 is 0.904. The number of aliphatic imine (C=N–C) groups is 1. The summed E-state index contributed by atoms with van der Waals surface area (Å²) in [4.78, 5) is 20.4. The fraction of sp³-hybridized carbons (Fsp3) is 0.409. The first-order chi connectivity index (χ1) is 13.2. The SMILES string of the molecule is CN1C(=O)/C(=N\c2sc3c(c2C#N)CCC(C(C)(C)C)C3)c2cc(Br)ccc21. The highest BCUT2D eigenvalue weighted by Gasteiger charge is 2.34. The molecule has 0 N–H and O–H groups in total. The molecule has 0 saturated carbocycles. The number of thiophene rings is 1. The lowest BCUT2D eigenvalue weighted by Crippen LogP contribution is -2.26. The Hall–Kier alpha value is -1.97. The van der Waals surface area contributed by atoms with Gasteiger partial charge in [-0.15, -0.1) is 11.3 Å². The molecule has 1 aliphatic carbocycles. The van der Waals surface area contributed by atoms with Crippen LogP contribution in [0.4, 0.5) is 10.7 Å². The van der Waals surface area contributed by atoms with E-state index in [1.807, 2.05) is 18.2 Å². The summed E-state index contributed by atoms with van der Waals surface area (Å²) in [5.74, 6) is 0.470. The van der Waals surface area contributed by atoms with Crippen LogP contribution in [0, 0.1) is 22.7 Å². The molecular weight excluding hydrogens is 434 g/mol. The van der Waals surface area contributed by atoms with Crippen molar-refractivity contribution in [3.63, 3.8) is 0 Å². The lowest BCUT2D eigenvalue weighted by atomic mass is 9.72. The monoisotopic (exact) mass is 455 g/mol. The molecule has 1 aliphatic heterocycles. The van der Waals surface area contributed by atoms with E-state index in [0.717, 1.165) is 40.5 Å². The van der Waals surface area contributed by atoms with E-state index in [9.17, 15) is 10.1 Å². The first-order valence-corrected chi connectivity index (χ1v) is 11.0. The number of rotatable bonds is 1. The van der Waals surface area contributed by atoms with Crippen molar-refractivity contribution in [3.8, 4) is 6.07 Å². The Morgan fingerprint density at radius 2 is 2.11 bits per heavy atom. The Balaban J connectivity index is 1.80. The molecule has 1 aromatic heterocycles. The minimum atomic E-state index is -0.129. The molecule has 2 aromatic rings. The lowest BCUT2D eigenvalue weighted by molar-refractivity contribution is -0.111. The van der Waals surface area contributed by atoms with Gasteiger partial charge in [-0.25, -0.2) is 4.99 Å². The van der Waals surface area contributed by atoms with Crippen LogP contribution in [0.3, 0.4) is 0 Å². The molecule has 1 atom stereocenters. The number of carbonyl (C=O) groups is 1. The van der Waals surface area contributed by atoms with Gasteiger partial charge in [-0.2, -0.15) is 5.26 Å². The number of likely N-dealkylation sites (N-methyl/N-ethyl adjacent to an activating group) is 1. The van der Waals surface area contributed by atoms with E-state index in [1.54, 1.807) is 23.3 Å². The number of hydrogen-bond donors (Lipinski definition) is 0. The molecule has 0 saturated heterocycles. The highest BCUT2D eigenvalue weighted by atomic mass is 79.9. The highest BCUT2D eigenvalue weighted by molar-refractivity contribution is 9.10. The molecule has 4 nitrogen and oxygen atoms in total. The third kappa shape index (κ3) is 3.11. The van der Waals surface area contributed by atoms with Crippen molar-refractivity contribution in [2.45, 2.75) is 40.0 Å². The van der Waals surface area contributed by atoms with Crippen LogP contribution in [0.5, 0.6) is 0 Å². The number of benzene rings is 1. The molecule has 1 amide bonds. The number of nitriles is 1. The summed E-state index contributed by atoms with van der Waals surface area (Å²) in [5.41, 5.74) is 4.11. The minimum Gasteiger partial charge on any atom is -0.309 e. The summed E-state index contributed by atoms with van der Waals surface area (Å²) in [6, 6.07) is 8.12. The number of carbonyl (C=O) groups excluding carboxylic acids is 1. The Kier molecular flexibility index (Phi) is 4.71. The Bertz CT molecular complexity index is 1050. The first kappa shape index (κ1) is 19.4. The number of hydrogen-bond acceptors (Lipinski definition) is 4. The van der Waals surface area contributed by atoms with Crippen molar-refractivity contribution < 1.29 is 4.79 Å². The van der Waals surface area contributed by atoms with Crippen LogP contribution in [0.15, 0.2) is 27.7 Å². The van der Waals surface area contributed by atoms with Gasteiger partial charge in [0.05, 0.1) is 11.3 Å². The number of halogens is 1. The largest absolute Gasteiger partial charge is 0.309 e. The molecule has 2 heterocycles. The van der Waals surface area contributed by atoms with E-state index < -0.39 is 0 Å². The second-order valence-electron chi connectivity index (χ2n) is 8.59. The average Bonchev–Trinajstić information content (AvgIpc) is 3.10. The smallest absolute Gasteiger partial charge is 0.277 e. The predicted molar refractivity (Wildman–Crippen MR) is 118 cm³/mol. The summed E-state index contributed by atoms with van der Waals surface area (Å²) in [7, 11) is 1.76. The molecule has 6 heteroatoms. The normalized spacial score (nSPS) is 20.3. The first-order valence-electron chi connectivity index (χ1n) is 9.42. The molecule has 0 bridgehead atoms. The number of amides is 1. The van der Waals surface area contributed by atoms with Gasteiger partial charge in [0.15, 0.2) is 0 Å². The lowest BCUT2D eigenvalue weighted by Gasteiger charge is -2.33. The van der Waals surface area contributed by atoms with E-state index >= 15 is 0 Å². The molecule has 0 spiro atoms. The molecular formula is C22H22BrN3OS. The number of anilines is 1. The van der Waals surface area contributed by atoms with Gasteiger partial charge in [0.2, 0.25) is 0 Å². The van der Waals surface area contributed by atoms with Crippen LogP contribution in [0.2, 0.25) is 0 Å². The van der Waals surface area contributed by atoms with Gasteiger partial charge in [0, 0.05) is 22.0 Å². The van der Waals surface area contributed by atoms with Crippen molar-refractivity contribution in [3.05, 3.63) is 44.2 Å². The van der Waals surface area contributed by atoms with Crippen molar-refractivity contribution in [1.82, 2.24) is 0 Å². The van der Waals surface area contributed by atoms with Crippen molar-refractivity contribution in [1.29, 1.82) is 5.26 Å². The van der Waals surface area contributed by atoms with E-state index in [2.05, 4.69) is 42.8 Å². The van der Waals surface area contributed by atoms with Crippen molar-refractivity contribution >= 4 is 49.6 Å². The fourth-order valence-electron chi connectivity index (χ4n) is 4.09. The molecule has 1 unspecified atom stereocenters. The highest BCUT2D eigenvalue weighted by Crippen LogP contribution is 2.45.